The van der Waals surface area contributed by atoms with Crippen molar-refractivity contribution >= 4 is 39.1 Å². The Morgan fingerprint density at radius 3 is 2.42 bits per heavy atom. The van der Waals surface area contributed by atoms with Crippen LogP contribution >= 0.6 is 23.2 Å². The first kappa shape index (κ1) is 18.7. The van der Waals surface area contributed by atoms with Crippen molar-refractivity contribution in [2.45, 2.75) is 17.4 Å². The van der Waals surface area contributed by atoms with E-state index in [0.717, 1.165) is 5.56 Å². The van der Waals surface area contributed by atoms with Crippen LogP contribution in [0, 0.1) is 0 Å². The molecule has 0 aromatic heterocycles. The Labute approximate surface area is 151 Å². The molecule has 0 saturated heterocycles. The van der Waals surface area contributed by atoms with Gasteiger partial charge in [0.05, 0.1) is 5.02 Å². The first-order valence-corrected chi connectivity index (χ1v) is 9.30. The maximum Gasteiger partial charge on any atom is 0.242 e. The molecule has 0 aliphatic carbocycles. The average molecular weight is 387 g/mol. The number of carbonyl (C=O) groups is 1. The van der Waals surface area contributed by atoms with E-state index in [4.69, 9.17) is 23.2 Å². The first-order valence-electron chi connectivity index (χ1n) is 7.06. The Hall–Kier alpha value is -1.60. The van der Waals surface area contributed by atoms with Crippen molar-refractivity contribution < 1.29 is 13.2 Å². The van der Waals surface area contributed by atoms with Gasteiger partial charge in [-0.2, -0.15) is 4.72 Å². The van der Waals surface area contributed by atoms with Gasteiger partial charge in [0.1, 0.15) is 10.9 Å². The highest BCUT2D eigenvalue weighted by Gasteiger charge is 2.27. The van der Waals surface area contributed by atoms with Crippen LogP contribution in [0.3, 0.4) is 0 Å². The number of hydrogen-bond acceptors (Lipinski definition) is 3. The number of benzene rings is 2. The lowest BCUT2D eigenvalue weighted by molar-refractivity contribution is -0.122. The van der Waals surface area contributed by atoms with Crippen LogP contribution < -0.4 is 10.0 Å². The van der Waals surface area contributed by atoms with Gasteiger partial charge >= 0.3 is 0 Å². The SMILES string of the molecule is CNC(=O)[C@@H](Cc1ccccc1)NS(=O)(=O)c1cc(Cl)ccc1Cl. The number of carbonyl (C=O) groups excluding carboxylic acids is 1. The second-order valence-electron chi connectivity index (χ2n) is 5.05. The Morgan fingerprint density at radius 1 is 1.12 bits per heavy atom. The fraction of sp³-hybridized carbons (Fsp3) is 0.188. The van der Waals surface area contributed by atoms with Crippen molar-refractivity contribution in [2.24, 2.45) is 0 Å². The van der Waals surface area contributed by atoms with Gasteiger partial charge in [-0.25, -0.2) is 8.42 Å². The van der Waals surface area contributed by atoms with E-state index in [0.29, 0.717) is 0 Å². The molecule has 2 aromatic rings. The highest BCUT2D eigenvalue weighted by molar-refractivity contribution is 7.89. The van der Waals surface area contributed by atoms with E-state index in [1.54, 1.807) is 0 Å². The number of nitrogens with one attached hydrogen (secondary N) is 2. The Bertz CT molecular complexity index is 826. The minimum absolute atomic E-state index is 0.0299. The third-order valence-electron chi connectivity index (χ3n) is 3.33. The van der Waals surface area contributed by atoms with Crippen LogP contribution in [0.25, 0.3) is 0 Å². The van der Waals surface area contributed by atoms with E-state index in [1.165, 1.54) is 25.2 Å². The van der Waals surface area contributed by atoms with Crippen LogP contribution in [0.1, 0.15) is 5.56 Å². The fourth-order valence-corrected chi connectivity index (χ4v) is 4.10. The maximum absolute atomic E-state index is 12.6. The predicted molar refractivity (Wildman–Crippen MR) is 94.8 cm³/mol. The predicted octanol–water partition coefficient (Wildman–Crippen LogP) is 2.63. The summed E-state index contributed by atoms with van der Waals surface area (Å²) in [4.78, 5) is 11.9. The van der Waals surface area contributed by atoms with Gasteiger partial charge in [-0.15, -0.1) is 0 Å². The van der Waals surface area contributed by atoms with E-state index in [1.807, 2.05) is 30.3 Å². The summed E-state index contributed by atoms with van der Waals surface area (Å²) in [6.45, 7) is 0. The highest BCUT2D eigenvalue weighted by Crippen LogP contribution is 2.25. The van der Waals surface area contributed by atoms with Gasteiger partial charge in [0, 0.05) is 12.1 Å². The van der Waals surface area contributed by atoms with E-state index < -0.39 is 22.0 Å². The largest absolute Gasteiger partial charge is 0.358 e. The van der Waals surface area contributed by atoms with Gasteiger partial charge in [0.15, 0.2) is 0 Å². The third kappa shape index (κ3) is 4.70. The Balaban J connectivity index is 2.31. The molecule has 2 aromatic carbocycles. The molecule has 0 bridgehead atoms. The van der Waals surface area contributed by atoms with Crippen LogP contribution in [-0.2, 0) is 21.2 Å². The van der Waals surface area contributed by atoms with Crippen molar-refractivity contribution in [3.05, 3.63) is 64.1 Å². The second kappa shape index (κ2) is 7.98. The normalized spacial score (nSPS) is 12.6. The van der Waals surface area contributed by atoms with Gasteiger partial charge in [-0.05, 0) is 30.2 Å². The smallest absolute Gasteiger partial charge is 0.242 e. The molecule has 5 nitrogen and oxygen atoms in total. The quantitative estimate of drug-likeness (QED) is 0.800. The molecule has 0 unspecified atom stereocenters. The molecular formula is C16H16Cl2N2O3S. The molecule has 0 radical (unpaired) electrons. The van der Waals surface area contributed by atoms with Gasteiger partial charge in [-0.1, -0.05) is 53.5 Å². The lowest BCUT2D eigenvalue weighted by Gasteiger charge is -2.18. The van der Waals surface area contributed by atoms with Gasteiger partial charge in [0.25, 0.3) is 0 Å². The summed E-state index contributed by atoms with van der Waals surface area (Å²) >= 11 is 11.8. The zero-order valence-electron chi connectivity index (χ0n) is 12.8. The highest BCUT2D eigenvalue weighted by atomic mass is 35.5. The molecule has 128 valence electrons. The Morgan fingerprint density at radius 2 is 1.79 bits per heavy atom. The van der Waals surface area contributed by atoms with Crippen molar-refractivity contribution in [1.29, 1.82) is 0 Å². The summed E-state index contributed by atoms with van der Waals surface area (Å²) in [5.41, 5.74) is 0.825. The molecule has 1 amide bonds. The first-order chi connectivity index (χ1) is 11.3. The summed E-state index contributed by atoms with van der Waals surface area (Å²) in [5, 5.41) is 2.73. The van der Waals surface area contributed by atoms with E-state index in [9.17, 15) is 13.2 Å². The number of amides is 1. The number of hydrogen-bond donors (Lipinski definition) is 2. The lowest BCUT2D eigenvalue weighted by atomic mass is 10.1. The maximum atomic E-state index is 12.6. The molecule has 24 heavy (non-hydrogen) atoms. The molecule has 0 saturated carbocycles. The topological polar surface area (TPSA) is 75.3 Å². The van der Waals surface area contributed by atoms with E-state index >= 15 is 0 Å². The minimum atomic E-state index is -4.02. The molecule has 1 atom stereocenters. The number of halogens is 2. The average Bonchev–Trinajstić information content (AvgIpc) is 2.56. The summed E-state index contributed by atoms with van der Waals surface area (Å²) in [5.74, 6) is -0.444. The molecule has 0 aliphatic rings. The molecule has 0 fully saturated rings. The molecule has 2 rings (SSSR count). The van der Waals surface area contributed by atoms with Crippen molar-refractivity contribution in [3.8, 4) is 0 Å². The van der Waals surface area contributed by atoms with Crippen molar-refractivity contribution in [3.63, 3.8) is 0 Å². The fourth-order valence-electron chi connectivity index (χ4n) is 2.15. The molecule has 0 spiro atoms. The number of sulfonamides is 1. The minimum Gasteiger partial charge on any atom is -0.358 e. The van der Waals surface area contributed by atoms with Crippen molar-refractivity contribution in [2.75, 3.05) is 7.05 Å². The monoisotopic (exact) mass is 386 g/mol. The zero-order valence-corrected chi connectivity index (χ0v) is 15.1. The van der Waals surface area contributed by atoms with Crippen molar-refractivity contribution in [1.82, 2.24) is 10.0 Å². The summed E-state index contributed by atoms with van der Waals surface area (Å²) in [6, 6.07) is 12.3. The standard InChI is InChI=1S/C16H16Cl2N2O3S/c1-19-16(21)14(9-11-5-3-2-4-6-11)20-24(22,23)15-10-12(17)7-8-13(15)18/h2-8,10,14,20H,9H2,1H3,(H,19,21)/t14-/m1/s1. The molecule has 8 heteroatoms. The molecular weight excluding hydrogens is 371 g/mol. The molecule has 0 heterocycles. The van der Waals surface area contributed by atoms with Crippen LogP contribution in [0.2, 0.25) is 10.0 Å². The lowest BCUT2D eigenvalue weighted by Crippen LogP contribution is -2.47. The summed E-state index contributed by atoms with van der Waals surface area (Å²) in [7, 11) is -2.57. The summed E-state index contributed by atoms with van der Waals surface area (Å²) in [6.07, 6.45) is 0.206. The van der Waals surface area contributed by atoms with Crippen LogP contribution in [-0.4, -0.2) is 27.4 Å². The zero-order chi connectivity index (χ0) is 17.7. The molecule has 0 aliphatic heterocycles. The third-order valence-corrected chi connectivity index (χ3v) is 5.51. The van der Waals surface area contributed by atoms with Gasteiger partial charge in [-0.3, -0.25) is 4.79 Å². The number of rotatable bonds is 6. The number of likely N-dealkylation sites (N-methyl/N-ethyl adjacent to an activating group) is 1. The molecule has 2 N–H and O–H groups in total. The van der Waals surface area contributed by atoms with E-state index in [-0.39, 0.29) is 21.4 Å². The second-order valence-corrected chi connectivity index (χ2v) is 7.58. The van der Waals surface area contributed by atoms with Gasteiger partial charge < -0.3 is 5.32 Å². The Kier molecular flexibility index (Phi) is 6.23. The summed E-state index contributed by atoms with van der Waals surface area (Å²) < 4.78 is 27.6. The van der Waals surface area contributed by atoms with E-state index in [2.05, 4.69) is 10.0 Å². The van der Waals surface area contributed by atoms with Crippen LogP contribution in [0.4, 0.5) is 0 Å². The van der Waals surface area contributed by atoms with Crippen LogP contribution in [0.15, 0.2) is 53.4 Å². The van der Waals surface area contributed by atoms with Crippen LogP contribution in [0.5, 0.6) is 0 Å². The van der Waals surface area contributed by atoms with Gasteiger partial charge in [0.2, 0.25) is 15.9 Å².